The summed E-state index contributed by atoms with van der Waals surface area (Å²) in [7, 11) is 0. The number of nitrogens with zero attached hydrogens (tertiary/aromatic N) is 6. The zero-order valence-electron chi connectivity index (χ0n) is 29.3. The Morgan fingerprint density at radius 1 is 0.731 bits per heavy atom. The molecule has 6 aromatic rings. The monoisotopic (exact) mass is 738 g/mol. The third-order valence-corrected chi connectivity index (χ3v) is 10.9. The minimum atomic E-state index is -0.244. The topological polar surface area (TPSA) is 132 Å². The molecule has 2 unspecified atom stereocenters. The quantitative estimate of drug-likeness (QED) is 0.164. The molecular weight excluding hydrogens is 700 g/mol. The average molecular weight is 739 g/mol. The first-order valence-corrected chi connectivity index (χ1v) is 18.7. The van der Waals surface area contributed by atoms with Crippen LogP contribution in [0.2, 0.25) is 5.02 Å². The molecule has 268 valence electrons. The van der Waals surface area contributed by atoms with E-state index >= 15 is 0 Å². The molecule has 0 spiro atoms. The number of carbonyl (C=O) groups is 2. The highest BCUT2D eigenvalue weighted by molar-refractivity contribution is 7.12. The Morgan fingerprint density at radius 2 is 1.38 bits per heavy atom. The van der Waals surface area contributed by atoms with E-state index in [4.69, 9.17) is 25.1 Å². The van der Waals surface area contributed by atoms with Gasteiger partial charge in [0.05, 0.1) is 11.1 Å². The van der Waals surface area contributed by atoms with Gasteiger partial charge in [0.2, 0.25) is 23.4 Å². The molecule has 2 aromatic carbocycles. The lowest BCUT2D eigenvalue weighted by atomic mass is 10.0. The van der Waals surface area contributed by atoms with Gasteiger partial charge in [0.1, 0.15) is 12.1 Å². The van der Waals surface area contributed by atoms with Crippen LogP contribution in [0, 0.1) is 20.8 Å². The van der Waals surface area contributed by atoms with Crippen molar-refractivity contribution < 1.29 is 23.1 Å². The normalized spacial score (nSPS) is 17.5. The zero-order valence-corrected chi connectivity index (χ0v) is 30.8. The van der Waals surface area contributed by atoms with Gasteiger partial charge < -0.3 is 23.3 Å². The van der Waals surface area contributed by atoms with E-state index in [1.165, 1.54) is 28.7 Å². The van der Waals surface area contributed by atoms with Crippen molar-refractivity contribution in [1.82, 2.24) is 30.1 Å². The standard InChI is InChI=1S/C21H23N3O2S.C18H16ClN3O3/c1-13-7-8-16(12-15(13)3)19-22-20(26-23-19)17-6-4-5-10-24(17)21(25)18-14(2)9-11-27-18;19-13-6-3-5-12(11-13)16-20-17(25-21-16)14-7-1-2-9-22(14)18(23)15-8-4-10-24-15/h7-9,11-12,17H,4-6,10H2,1-3H3;3-6,8,10-11,14H,1-2,7,9H2. The van der Waals surface area contributed by atoms with E-state index in [9.17, 15) is 9.59 Å². The maximum Gasteiger partial charge on any atom is 0.290 e. The Labute approximate surface area is 310 Å². The molecule has 0 radical (unpaired) electrons. The Kier molecular flexibility index (Phi) is 10.6. The summed E-state index contributed by atoms with van der Waals surface area (Å²) >= 11 is 7.52. The van der Waals surface area contributed by atoms with Crippen LogP contribution in [0.15, 0.2) is 85.8 Å². The molecule has 0 N–H and O–H groups in total. The van der Waals surface area contributed by atoms with Crippen LogP contribution in [0.25, 0.3) is 22.8 Å². The molecule has 2 aliphatic heterocycles. The lowest BCUT2D eigenvalue weighted by Crippen LogP contribution is -2.38. The van der Waals surface area contributed by atoms with Crippen molar-refractivity contribution in [3.05, 3.63) is 116 Å². The van der Waals surface area contributed by atoms with Crippen molar-refractivity contribution in [3.8, 4) is 22.8 Å². The number of rotatable bonds is 6. The van der Waals surface area contributed by atoms with Gasteiger partial charge in [0, 0.05) is 29.2 Å². The molecule has 2 atom stereocenters. The maximum atomic E-state index is 13.1. The Bertz CT molecular complexity index is 2160. The van der Waals surface area contributed by atoms with Crippen LogP contribution in [0.1, 0.15) is 99.3 Å². The predicted molar refractivity (Wildman–Crippen MR) is 197 cm³/mol. The van der Waals surface area contributed by atoms with Crippen LogP contribution in [0.5, 0.6) is 0 Å². The first-order valence-electron chi connectivity index (χ1n) is 17.5. The second-order valence-corrected chi connectivity index (χ2v) is 14.5. The number of thiophene rings is 1. The molecule has 0 bridgehead atoms. The Morgan fingerprint density at radius 3 is 1.96 bits per heavy atom. The van der Waals surface area contributed by atoms with E-state index in [0.29, 0.717) is 40.8 Å². The molecule has 4 aromatic heterocycles. The highest BCUT2D eigenvalue weighted by atomic mass is 35.5. The van der Waals surface area contributed by atoms with Crippen LogP contribution in [-0.4, -0.2) is 55.0 Å². The SMILES string of the molecule is Cc1ccc(-c2noc(C3CCCCN3C(=O)c3sccc3C)n2)cc1C.O=C(c1ccco1)N1CCCCC1c1nc(-c2cccc(Cl)c2)no1. The number of hydrogen-bond acceptors (Lipinski definition) is 10. The Hall–Kier alpha value is -5.07. The molecule has 2 saturated heterocycles. The van der Waals surface area contributed by atoms with Crippen LogP contribution in [-0.2, 0) is 0 Å². The Balaban J connectivity index is 0.000000162. The van der Waals surface area contributed by atoms with Crippen LogP contribution in [0.3, 0.4) is 0 Å². The van der Waals surface area contributed by atoms with Crippen molar-refractivity contribution in [3.63, 3.8) is 0 Å². The van der Waals surface area contributed by atoms with Crippen LogP contribution in [0.4, 0.5) is 0 Å². The first kappa shape index (κ1) is 35.3. The highest BCUT2D eigenvalue weighted by Crippen LogP contribution is 2.35. The van der Waals surface area contributed by atoms with E-state index in [1.54, 1.807) is 29.2 Å². The zero-order chi connectivity index (χ0) is 36.2. The fourth-order valence-electron chi connectivity index (χ4n) is 6.61. The smallest absolute Gasteiger partial charge is 0.290 e. The minimum absolute atomic E-state index is 0.0677. The molecular formula is C39H39ClN6O5S. The molecule has 0 saturated carbocycles. The summed E-state index contributed by atoms with van der Waals surface area (Å²) in [6.07, 6.45) is 7.13. The number of likely N-dealkylation sites (tertiary alicyclic amines) is 2. The third kappa shape index (κ3) is 7.58. The number of furan rings is 1. The molecule has 6 heterocycles. The van der Waals surface area contributed by atoms with Gasteiger partial charge in [-0.25, -0.2) is 0 Å². The maximum absolute atomic E-state index is 13.1. The average Bonchev–Trinajstić information content (AvgIpc) is 4.01. The molecule has 2 aliphatic rings. The number of hydrogen-bond donors (Lipinski definition) is 0. The predicted octanol–water partition coefficient (Wildman–Crippen LogP) is 9.44. The summed E-state index contributed by atoms with van der Waals surface area (Å²) in [5, 5.41) is 10.8. The number of piperidine rings is 2. The van der Waals surface area contributed by atoms with E-state index in [-0.39, 0.29) is 23.9 Å². The van der Waals surface area contributed by atoms with E-state index in [2.05, 4.69) is 46.3 Å². The molecule has 0 aliphatic carbocycles. The second-order valence-electron chi connectivity index (χ2n) is 13.2. The van der Waals surface area contributed by atoms with Crippen molar-refractivity contribution in [2.75, 3.05) is 13.1 Å². The van der Waals surface area contributed by atoms with Gasteiger partial charge in [-0.05, 0) is 118 Å². The molecule has 2 amide bonds. The summed E-state index contributed by atoms with van der Waals surface area (Å²) in [5.74, 6) is 2.25. The number of benzene rings is 2. The largest absolute Gasteiger partial charge is 0.459 e. The number of amides is 2. The van der Waals surface area contributed by atoms with Crippen molar-refractivity contribution in [2.45, 2.75) is 71.4 Å². The number of halogens is 1. The molecule has 8 rings (SSSR count). The van der Waals surface area contributed by atoms with Gasteiger partial charge in [-0.1, -0.05) is 46.2 Å². The summed E-state index contributed by atoms with van der Waals surface area (Å²) in [4.78, 5) is 39.4. The fraction of sp³-hybridized carbons (Fsp3) is 0.333. The van der Waals surface area contributed by atoms with Gasteiger partial charge in [0.25, 0.3) is 11.8 Å². The summed E-state index contributed by atoms with van der Waals surface area (Å²) in [6.45, 7) is 7.50. The molecule has 11 nitrogen and oxygen atoms in total. The fourth-order valence-corrected chi connectivity index (χ4v) is 7.68. The van der Waals surface area contributed by atoms with Crippen molar-refractivity contribution in [1.29, 1.82) is 0 Å². The summed E-state index contributed by atoms with van der Waals surface area (Å²) in [5.41, 5.74) is 5.17. The number of aryl methyl sites for hydroxylation is 3. The summed E-state index contributed by atoms with van der Waals surface area (Å²) < 4.78 is 16.3. The second kappa shape index (κ2) is 15.7. The van der Waals surface area contributed by atoms with E-state index < -0.39 is 0 Å². The minimum Gasteiger partial charge on any atom is -0.459 e. The lowest BCUT2D eigenvalue weighted by molar-refractivity contribution is 0.0528. The van der Waals surface area contributed by atoms with Crippen molar-refractivity contribution in [2.24, 2.45) is 0 Å². The first-order chi connectivity index (χ1) is 25.3. The summed E-state index contributed by atoms with van der Waals surface area (Å²) in [6, 6.07) is 18.4. The highest BCUT2D eigenvalue weighted by Gasteiger charge is 2.35. The van der Waals surface area contributed by atoms with Gasteiger partial charge in [0.15, 0.2) is 5.76 Å². The van der Waals surface area contributed by atoms with Crippen molar-refractivity contribution >= 4 is 34.8 Å². The van der Waals surface area contributed by atoms with Crippen LogP contribution < -0.4 is 0 Å². The number of aromatic nitrogens is 4. The van der Waals surface area contributed by atoms with Gasteiger partial charge in [-0.2, -0.15) is 9.97 Å². The number of carbonyl (C=O) groups excluding carboxylic acids is 2. The van der Waals surface area contributed by atoms with Gasteiger partial charge in [-0.15, -0.1) is 11.3 Å². The van der Waals surface area contributed by atoms with E-state index in [1.807, 2.05) is 41.5 Å². The van der Waals surface area contributed by atoms with Gasteiger partial charge in [-0.3, -0.25) is 9.59 Å². The molecule has 2 fully saturated rings. The lowest BCUT2D eigenvalue weighted by Gasteiger charge is -2.33. The van der Waals surface area contributed by atoms with Gasteiger partial charge >= 0.3 is 0 Å². The van der Waals surface area contributed by atoms with E-state index in [0.717, 1.165) is 66.6 Å². The third-order valence-electron chi connectivity index (χ3n) is 9.62. The molecule has 52 heavy (non-hydrogen) atoms. The molecule has 13 heteroatoms. The van der Waals surface area contributed by atoms with Crippen LogP contribution >= 0.6 is 22.9 Å².